The highest BCUT2D eigenvalue weighted by Crippen LogP contribution is 2.14. The first kappa shape index (κ1) is 15.7. The molecule has 1 aromatic heterocycles. The zero-order valence-corrected chi connectivity index (χ0v) is 13.0. The Bertz CT molecular complexity index is 493. The number of morpholine rings is 1. The van der Waals surface area contributed by atoms with E-state index in [9.17, 15) is 4.79 Å². The molecule has 1 aliphatic rings. The number of rotatable bonds is 4. The minimum absolute atomic E-state index is 0.159. The Labute approximate surface area is 125 Å². The molecule has 0 spiro atoms. The Kier molecular flexibility index (Phi) is 5.52. The van der Waals surface area contributed by atoms with Crippen LogP contribution in [0.3, 0.4) is 0 Å². The topological polar surface area (TPSA) is 66.5 Å². The molecule has 1 saturated heterocycles. The second-order valence-electron chi connectivity index (χ2n) is 5.36. The molecule has 1 atom stereocenters. The third-order valence-corrected chi connectivity index (χ3v) is 3.78. The summed E-state index contributed by atoms with van der Waals surface area (Å²) in [4.78, 5) is 18.2. The number of nitrogens with zero attached hydrogens (tertiary/aromatic N) is 2. The fourth-order valence-corrected chi connectivity index (χ4v) is 2.49. The number of aryl methyl sites for hydroxylation is 2. The molecule has 0 aliphatic carbocycles. The summed E-state index contributed by atoms with van der Waals surface area (Å²) >= 11 is 0. The third kappa shape index (κ3) is 4.41. The van der Waals surface area contributed by atoms with Gasteiger partial charge in [-0.25, -0.2) is 4.79 Å². The molecular weight excluding hydrogens is 268 g/mol. The van der Waals surface area contributed by atoms with Crippen LogP contribution in [0.2, 0.25) is 0 Å². The van der Waals surface area contributed by atoms with Gasteiger partial charge in [-0.2, -0.15) is 0 Å². The summed E-state index contributed by atoms with van der Waals surface area (Å²) in [5.41, 5.74) is 3.34. The largest absolute Gasteiger partial charge is 0.378 e. The predicted molar refractivity (Wildman–Crippen MR) is 81.2 cm³/mol. The van der Waals surface area contributed by atoms with Gasteiger partial charge in [-0.05, 0) is 25.5 Å². The molecule has 1 aromatic rings. The maximum absolute atomic E-state index is 11.3. The van der Waals surface area contributed by atoms with Crippen LogP contribution >= 0.6 is 0 Å². The van der Waals surface area contributed by atoms with Crippen molar-refractivity contribution in [3.05, 3.63) is 29.1 Å². The van der Waals surface area contributed by atoms with Crippen molar-refractivity contribution in [1.82, 2.24) is 20.5 Å². The molecule has 2 rings (SSSR count). The molecular formula is C15H24N4O2. The highest BCUT2D eigenvalue weighted by molar-refractivity contribution is 5.73. The number of amides is 2. The highest BCUT2D eigenvalue weighted by Gasteiger charge is 2.24. The number of aromatic nitrogens is 1. The van der Waals surface area contributed by atoms with Crippen molar-refractivity contribution in [1.29, 1.82) is 0 Å². The number of ether oxygens (including phenoxy) is 1. The van der Waals surface area contributed by atoms with Crippen molar-refractivity contribution in [2.24, 2.45) is 0 Å². The molecule has 0 radical (unpaired) electrons. The summed E-state index contributed by atoms with van der Waals surface area (Å²) in [5.74, 6) is 0. The molecule has 1 unspecified atom stereocenters. The molecule has 1 aliphatic heterocycles. The SMILES string of the molecule is CNC(=O)NCC1COCCN1Cc1ccc(C)nc1C. The van der Waals surface area contributed by atoms with Crippen LogP contribution < -0.4 is 10.6 Å². The highest BCUT2D eigenvalue weighted by atomic mass is 16.5. The lowest BCUT2D eigenvalue weighted by atomic mass is 10.1. The number of hydrogen-bond donors (Lipinski definition) is 2. The molecule has 6 heteroatoms. The summed E-state index contributed by atoms with van der Waals surface area (Å²) in [6, 6.07) is 4.21. The van der Waals surface area contributed by atoms with Gasteiger partial charge in [-0.1, -0.05) is 6.07 Å². The molecule has 2 amide bonds. The monoisotopic (exact) mass is 292 g/mol. The Morgan fingerprint density at radius 2 is 2.29 bits per heavy atom. The van der Waals surface area contributed by atoms with Gasteiger partial charge in [0.1, 0.15) is 0 Å². The van der Waals surface area contributed by atoms with E-state index in [0.29, 0.717) is 13.2 Å². The van der Waals surface area contributed by atoms with E-state index in [1.807, 2.05) is 19.9 Å². The molecule has 6 nitrogen and oxygen atoms in total. The summed E-state index contributed by atoms with van der Waals surface area (Å²) in [6.45, 7) is 7.70. The first-order chi connectivity index (χ1) is 10.1. The van der Waals surface area contributed by atoms with Crippen molar-refractivity contribution >= 4 is 6.03 Å². The minimum Gasteiger partial charge on any atom is -0.378 e. The number of carbonyl (C=O) groups excluding carboxylic acids is 1. The summed E-state index contributed by atoms with van der Waals surface area (Å²) in [7, 11) is 1.62. The number of pyridine rings is 1. The van der Waals surface area contributed by atoms with Gasteiger partial charge in [0, 0.05) is 38.1 Å². The maximum atomic E-state index is 11.3. The van der Waals surface area contributed by atoms with Gasteiger partial charge < -0.3 is 15.4 Å². The Hall–Kier alpha value is -1.66. The fraction of sp³-hybridized carbons (Fsp3) is 0.600. The van der Waals surface area contributed by atoms with Gasteiger partial charge in [-0.3, -0.25) is 9.88 Å². The number of nitrogens with one attached hydrogen (secondary N) is 2. The van der Waals surface area contributed by atoms with Crippen molar-refractivity contribution in [2.75, 3.05) is 33.4 Å². The number of hydrogen-bond acceptors (Lipinski definition) is 4. The van der Waals surface area contributed by atoms with E-state index in [-0.39, 0.29) is 12.1 Å². The lowest BCUT2D eigenvalue weighted by molar-refractivity contribution is -0.0101. The average Bonchev–Trinajstić information content (AvgIpc) is 2.48. The molecule has 2 N–H and O–H groups in total. The smallest absolute Gasteiger partial charge is 0.314 e. The van der Waals surface area contributed by atoms with Gasteiger partial charge in [0.2, 0.25) is 0 Å². The average molecular weight is 292 g/mol. The quantitative estimate of drug-likeness (QED) is 0.862. The second kappa shape index (κ2) is 7.38. The lowest BCUT2D eigenvalue weighted by Crippen LogP contribution is -2.51. The van der Waals surface area contributed by atoms with Gasteiger partial charge in [-0.15, -0.1) is 0 Å². The van der Waals surface area contributed by atoms with Crippen LogP contribution in [-0.4, -0.2) is 55.3 Å². The molecule has 116 valence electrons. The zero-order valence-electron chi connectivity index (χ0n) is 13.0. The van der Waals surface area contributed by atoms with E-state index in [0.717, 1.165) is 31.1 Å². The summed E-state index contributed by atoms with van der Waals surface area (Å²) in [5, 5.41) is 5.42. The van der Waals surface area contributed by atoms with Gasteiger partial charge in [0.25, 0.3) is 0 Å². The van der Waals surface area contributed by atoms with Crippen LogP contribution in [0, 0.1) is 13.8 Å². The summed E-state index contributed by atoms with van der Waals surface area (Å²) in [6.07, 6.45) is 0. The summed E-state index contributed by atoms with van der Waals surface area (Å²) < 4.78 is 5.54. The van der Waals surface area contributed by atoms with Crippen LogP contribution in [-0.2, 0) is 11.3 Å². The first-order valence-corrected chi connectivity index (χ1v) is 7.30. The van der Waals surface area contributed by atoms with Crippen LogP contribution in [0.5, 0.6) is 0 Å². The molecule has 1 fully saturated rings. The Balaban J connectivity index is 1.99. The minimum atomic E-state index is -0.159. The van der Waals surface area contributed by atoms with Crippen molar-refractivity contribution in [3.8, 4) is 0 Å². The van der Waals surface area contributed by atoms with E-state index >= 15 is 0 Å². The normalized spacial score (nSPS) is 19.3. The van der Waals surface area contributed by atoms with Gasteiger partial charge in [0.15, 0.2) is 0 Å². The van der Waals surface area contributed by atoms with Crippen molar-refractivity contribution < 1.29 is 9.53 Å². The van der Waals surface area contributed by atoms with Crippen LogP contribution in [0.1, 0.15) is 17.0 Å². The van der Waals surface area contributed by atoms with Gasteiger partial charge in [0.05, 0.1) is 19.3 Å². The lowest BCUT2D eigenvalue weighted by Gasteiger charge is -2.35. The van der Waals surface area contributed by atoms with E-state index in [2.05, 4.69) is 26.6 Å². The Morgan fingerprint density at radius 3 is 3.00 bits per heavy atom. The van der Waals surface area contributed by atoms with Crippen LogP contribution in [0.25, 0.3) is 0 Å². The Morgan fingerprint density at radius 1 is 1.48 bits per heavy atom. The number of urea groups is 1. The molecule has 0 aromatic carbocycles. The van der Waals surface area contributed by atoms with Crippen LogP contribution in [0.15, 0.2) is 12.1 Å². The van der Waals surface area contributed by atoms with Crippen molar-refractivity contribution in [2.45, 2.75) is 26.4 Å². The zero-order chi connectivity index (χ0) is 15.2. The predicted octanol–water partition coefficient (Wildman–Crippen LogP) is 0.828. The van der Waals surface area contributed by atoms with Crippen molar-refractivity contribution in [3.63, 3.8) is 0 Å². The second-order valence-corrected chi connectivity index (χ2v) is 5.36. The van der Waals surface area contributed by atoms with E-state index in [4.69, 9.17) is 4.74 Å². The fourth-order valence-electron chi connectivity index (χ4n) is 2.49. The van der Waals surface area contributed by atoms with E-state index < -0.39 is 0 Å². The molecule has 2 heterocycles. The molecule has 0 bridgehead atoms. The van der Waals surface area contributed by atoms with Crippen LogP contribution in [0.4, 0.5) is 4.79 Å². The first-order valence-electron chi connectivity index (χ1n) is 7.30. The molecule has 0 saturated carbocycles. The number of carbonyl (C=O) groups is 1. The molecule has 21 heavy (non-hydrogen) atoms. The maximum Gasteiger partial charge on any atom is 0.314 e. The third-order valence-electron chi connectivity index (χ3n) is 3.78. The standard InChI is InChI=1S/C15H24N4O2/c1-11-4-5-13(12(2)18-11)9-19-6-7-21-10-14(19)8-17-15(20)16-3/h4-5,14H,6-10H2,1-3H3,(H2,16,17,20). The van der Waals surface area contributed by atoms with E-state index in [1.54, 1.807) is 7.05 Å². The van der Waals surface area contributed by atoms with Gasteiger partial charge >= 0.3 is 6.03 Å². The van der Waals surface area contributed by atoms with E-state index in [1.165, 1.54) is 5.56 Å².